The molecule has 0 aliphatic heterocycles. The van der Waals surface area contributed by atoms with Gasteiger partial charge in [-0.3, -0.25) is 4.79 Å². The molecule has 1 heterocycles. The first-order valence-corrected chi connectivity index (χ1v) is 7.48. The van der Waals surface area contributed by atoms with Crippen LogP contribution in [-0.2, 0) is 4.79 Å². The van der Waals surface area contributed by atoms with Crippen molar-refractivity contribution in [2.24, 2.45) is 0 Å². The molecular formula is C20H16N2O2. The van der Waals surface area contributed by atoms with E-state index in [9.17, 15) is 4.79 Å². The molecule has 1 aromatic heterocycles. The lowest BCUT2D eigenvalue weighted by atomic mass is 9.99. The normalized spacial score (nSPS) is 10.3. The standard InChI is InChI=1S/C20H16N2O2/c1-3-14-9-10-18-17(11-14)16(15-7-5-4-6-8-15)12-19(21-18)22(2)13-20(23)24/h1,4-12H,13H2,2H3,(H,23,24). The Morgan fingerprint density at radius 2 is 1.96 bits per heavy atom. The van der Waals surface area contributed by atoms with E-state index in [1.807, 2.05) is 54.6 Å². The average Bonchev–Trinajstić information content (AvgIpc) is 2.60. The van der Waals surface area contributed by atoms with E-state index in [4.69, 9.17) is 11.5 Å². The Labute approximate surface area is 140 Å². The molecular weight excluding hydrogens is 300 g/mol. The van der Waals surface area contributed by atoms with Crippen molar-refractivity contribution in [1.82, 2.24) is 4.98 Å². The van der Waals surface area contributed by atoms with E-state index >= 15 is 0 Å². The van der Waals surface area contributed by atoms with E-state index in [-0.39, 0.29) is 6.54 Å². The number of carboxylic acid groups (broad SMARTS) is 1. The second-order valence-corrected chi connectivity index (χ2v) is 5.52. The second kappa shape index (κ2) is 6.43. The van der Waals surface area contributed by atoms with Crippen LogP contribution in [0.4, 0.5) is 5.82 Å². The maximum Gasteiger partial charge on any atom is 0.323 e. The zero-order valence-corrected chi connectivity index (χ0v) is 13.2. The van der Waals surface area contributed by atoms with Gasteiger partial charge in [0.05, 0.1) is 5.52 Å². The van der Waals surface area contributed by atoms with E-state index < -0.39 is 5.97 Å². The van der Waals surface area contributed by atoms with Crippen LogP contribution in [0.25, 0.3) is 22.0 Å². The summed E-state index contributed by atoms with van der Waals surface area (Å²) in [4.78, 5) is 17.2. The number of hydrogen-bond acceptors (Lipinski definition) is 3. The molecule has 0 unspecified atom stereocenters. The number of terminal acetylenes is 1. The minimum absolute atomic E-state index is 0.116. The SMILES string of the molecule is C#Cc1ccc2nc(N(C)CC(=O)O)cc(-c3ccccc3)c2c1. The summed E-state index contributed by atoms with van der Waals surface area (Å²) in [6.07, 6.45) is 5.52. The largest absolute Gasteiger partial charge is 0.480 e. The van der Waals surface area contributed by atoms with E-state index in [0.717, 1.165) is 27.6 Å². The molecule has 2 aromatic carbocycles. The summed E-state index contributed by atoms with van der Waals surface area (Å²) in [5.74, 6) is 2.35. The predicted octanol–water partition coefficient (Wildman–Crippen LogP) is 3.40. The number of likely N-dealkylation sites (N-methyl/N-ethyl adjacent to an activating group) is 1. The van der Waals surface area contributed by atoms with Gasteiger partial charge < -0.3 is 10.0 Å². The average molecular weight is 316 g/mol. The Balaban J connectivity index is 2.24. The first-order valence-electron chi connectivity index (χ1n) is 7.48. The highest BCUT2D eigenvalue weighted by molar-refractivity contribution is 5.97. The molecule has 4 nitrogen and oxygen atoms in total. The fourth-order valence-electron chi connectivity index (χ4n) is 2.64. The highest BCUT2D eigenvalue weighted by Gasteiger charge is 2.13. The molecule has 1 N–H and O–H groups in total. The van der Waals surface area contributed by atoms with Gasteiger partial charge in [-0.1, -0.05) is 36.3 Å². The van der Waals surface area contributed by atoms with Crippen molar-refractivity contribution in [1.29, 1.82) is 0 Å². The summed E-state index contributed by atoms with van der Waals surface area (Å²) in [5, 5.41) is 9.97. The number of carbonyl (C=O) groups is 1. The Kier molecular flexibility index (Phi) is 4.17. The molecule has 24 heavy (non-hydrogen) atoms. The van der Waals surface area contributed by atoms with Crippen LogP contribution >= 0.6 is 0 Å². The lowest BCUT2D eigenvalue weighted by molar-refractivity contribution is -0.135. The number of benzene rings is 2. The topological polar surface area (TPSA) is 53.4 Å². The fourth-order valence-corrected chi connectivity index (χ4v) is 2.64. The summed E-state index contributed by atoms with van der Waals surface area (Å²) in [7, 11) is 1.72. The monoisotopic (exact) mass is 316 g/mol. The molecule has 0 radical (unpaired) electrons. The third-order valence-corrected chi connectivity index (χ3v) is 3.81. The number of anilines is 1. The number of hydrogen-bond donors (Lipinski definition) is 1. The molecule has 0 amide bonds. The Morgan fingerprint density at radius 3 is 2.62 bits per heavy atom. The van der Waals surface area contributed by atoms with Gasteiger partial charge in [-0.2, -0.15) is 0 Å². The predicted molar refractivity (Wildman–Crippen MR) is 96.0 cm³/mol. The molecule has 118 valence electrons. The van der Waals surface area contributed by atoms with Gasteiger partial charge in [0, 0.05) is 18.0 Å². The van der Waals surface area contributed by atoms with Crippen molar-refractivity contribution in [3.63, 3.8) is 0 Å². The van der Waals surface area contributed by atoms with Gasteiger partial charge in [0.15, 0.2) is 0 Å². The lowest BCUT2D eigenvalue weighted by Gasteiger charge is -2.18. The first-order chi connectivity index (χ1) is 11.6. The quantitative estimate of drug-likeness (QED) is 0.750. The van der Waals surface area contributed by atoms with Gasteiger partial charge in [-0.25, -0.2) is 4.98 Å². The summed E-state index contributed by atoms with van der Waals surface area (Å²) >= 11 is 0. The Morgan fingerprint density at radius 1 is 1.21 bits per heavy atom. The minimum atomic E-state index is -0.900. The first kappa shape index (κ1) is 15.6. The number of carboxylic acids is 1. The van der Waals surface area contributed by atoms with Crippen LogP contribution in [-0.4, -0.2) is 29.7 Å². The van der Waals surface area contributed by atoms with Gasteiger partial charge >= 0.3 is 5.97 Å². The van der Waals surface area contributed by atoms with Gasteiger partial charge in [-0.05, 0) is 35.4 Å². The van der Waals surface area contributed by atoms with E-state index in [1.165, 1.54) is 0 Å². The van der Waals surface area contributed by atoms with Crippen molar-refractivity contribution < 1.29 is 9.90 Å². The minimum Gasteiger partial charge on any atom is -0.480 e. The second-order valence-electron chi connectivity index (χ2n) is 5.52. The lowest BCUT2D eigenvalue weighted by Crippen LogP contribution is -2.25. The van der Waals surface area contributed by atoms with Gasteiger partial charge in [0.2, 0.25) is 0 Å². The number of aliphatic carboxylic acids is 1. The number of aromatic nitrogens is 1. The summed E-state index contributed by atoms with van der Waals surface area (Å²) in [5.41, 5.74) is 3.57. The number of pyridine rings is 1. The zero-order chi connectivity index (χ0) is 17.1. The third-order valence-electron chi connectivity index (χ3n) is 3.81. The molecule has 0 bridgehead atoms. The van der Waals surface area contributed by atoms with Gasteiger partial charge in [0.25, 0.3) is 0 Å². The van der Waals surface area contributed by atoms with E-state index in [1.54, 1.807) is 11.9 Å². The highest BCUT2D eigenvalue weighted by atomic mass is 16.4. The molecule has 3 rings (SSSR count). The van der Waals surface area contributed by atoms with E-state index in [2.05, 4.69) is 10.9 Å². The Hall–Kier alpha value is -3.32. The molecule has 0 aliphatic carbocycles. The molecule has 0 saturated carbocycles. The molecule has 3 aromatic rings. The molecule has 4 heteroatoms. The van der Waals surface area contributed by atoms with Crippen molar-refractivity contribution >= 4 is 22.7 Å². The maximum atomic E-state index is 11.0. The zero-order valence-electron chi connectivity index (χ0n) is 13.2. The summed E-state index contributed by atoms with van der Waals surface area (Å²) < 4.78 is 0. The highest BCUT2D eigenvalue weighted by Crippen LogP contribution is 2.31. The Bertz CT molecular complexity index is 943. The maximum absolute atomic E-state index is 11.0. The molecule has 0 aliphatic rings. The van der Waals surface area contributed by atoms with Crippen molar-refractivity contribution in [3.8, 4) is 23.5 Å². The van der Waals surface area contributed by atoms with Crippen LogP contribution in [0, 0.1) is 12.3 Å². The van der Waals surface area contributed by atoms with Gasteiger partial charge in [-0.15, -0.1) is 6.42 Å². The van der Waals surface area contributed by atoms with Crippen LogP contribution in [0.5, 0.6) is 0 Å². The van der Waals surface area contributed by atoms with Crippen LogP contribution in [0.2, 0.25) is 0 Å². The number of nitrogens with zero attached hydrogens (tertiary/aromatic N) is 2. The van der Waals surface area contributed by atoms with E-state index in [0.29, 0.717) is 5.82 Å². The van der Waals surface area contributed by atoms with Crippen molar-refractivity contribution in [2.75, 3.05) is 18.5 Å². The molecule has 0 atom stereocenters. The third kappa shape index (κ3) is 3.06. The molecule has 0 saturated heterocycles. The van der Waals surface area contributed by atoms with Crippen LogP contribution in [0.3, 0.4) is 0 Å². The number of rotatable bonds is 4. The summed E-state index contributed by atoms with van der Waals surface area (Å²) in [6, 6.07) is 17.5. The number of fused-ring (bicyclic) bond motifs is 1. The molecule has 0 fully saturated rings. The smallest absolute Gasteiger partial charge is 0.323 e. The van der Waals surface area contributed by atoms with Crippen molar-refractivity contribution in [3.05, 3.63) is 60.2 Å². The van der Waals surface area contributed by atoms with Crippen LogP contribution in [0.1, 0.15) is 5.56 Å². The summed E-state index contributed by atoms with van der Waals surface area (Å²) in [6.45, 7) is -0.116. The molecule has 0 spiro atoms. The van der Waals surface area contributed by atoms with Gasteiger partial charge in [0.1, 0.15) is 12.4 Å². The van der Waals surface area contributed by atoms with Crippen LogP contribution in [0.15, 0.2) is 54.6 Å². The fraction of sp³-hybridized carbons (Fsp3) is 0.100. The van der Waals surface area contributed by atoms with Crippen molar-refractivity contribution in [2.45, 2.75) is 0 Å². The van der Waals surface area contributed by atoms with Crippen LogP contribution < -0.4 is 4.90 Å².